The Balaban J connectivity index is 1.94. The molecular formula is C15H19BN2O6. The van der Waals surface area contributed by atoms with Gasteiger partial charge in [-0.05, 0) is 40.7 Å². The number of pyridine rings is 1. The number of aliphatic carboxylic acids is 1. The molecule has 1 aromatic rings. The molecule has 1 aromatic heterocycles. The lowest BCUT2D eigenvalue weighted by Crippen LogP contribution is -2.54. The number of carbonyl (C=O) groups is 2. The molecule has 3 heterocycles. The molecule has 0 spiro atoms. The molecule has 0 aliphatic carbocycles. The van der Waals surface area contributed by atoms with Crippen LogP contribution in [-0.4, -0.2) is 45.9 Å². The zero-order valence-electron chi connectivity index (χ0n) is 14.2. The lowest BCUT2D eigenvalue weighted by molar-refractivity contribution is -0.159. The quantitative estimate of drug-likeness (QED) is 0.601. The van der Waals surface area contributed by atoms with Crippen LogP contribution in [0.2, 0.25) is 0 Å². The summed E-state index contributed by atoms with van der Waals surface area (Å²) < 4.78 is 17.3. The Morgan fingerprint density at radius 1 is 1.21 bits per heavy atom. The van der Waals surface area contributed by atoms with Crippen LogP contribution < -0.4 is 15.5 Å². The topological polar surface area (TPSA) is 107 Å². The van der Waals surface area contributed by atoms with E-state index in [1.165, 1.54) is 13.1 Å². The van der Waals surface area contributed by atoms with Crippen LogP contribution in [-0.2, 0) is 18.9 Å². The number of carboxylic acid groups (broad SMARTS) is 1. The first kappa shape index (κ1) is 16.7. The van der Waals surface area contributed by atoms with E-state index in [9.17, 15) is 14.7 Å². The van der Waals surface area contributed by atoms with Crippen LogP contribution in [0.25, 0.3) is 0 Å². The van der Waals surface area contributed by atoms with Crippen molar-refractivity contribution < 1.29 is 28.7 Å². The van der Waals surface area contributed by atoms with Crippen LogP contribution in [0.1, 0.15) is 34.6 Å². The molecule has 0 saturated carbocycles. The SMILES string of the molecule is CC1(C(=O)O)Oc2cc(B3OC(C)(C)C(C)(C)O3)cnc2NC1=O. The van der Waals surface area contributed by atoms with Crippen molar-refractivity contribution in [2.75, 3.05) is 5.32 Å². The number of amides is 1. The maximum Gasteiger partial charge on any atom is 0.496 e. The Labute approximate surface area is 139 Å². The van der Waals surface area contributed by atoms with Crippen molar-refractivity contribution in [1.29, 1.82) is 0 Å². The highest BCUT2D eigenvalue weighted by Gasteiger charge is 2.53. The van der Waals surface area contributed by atoms with E-state index in [0.717, 1.165) is 0 Å². The van der Waals surface area contributed by atoms with Crippen molar-refractivity contribution in [2.24, 2.45) is 0 Å². The summed E-state index contributed by atoms with van der Waals surface area (Å²) in [4.78, 5) is 27.4. The van der Waals surface area contributed by atoms with Crippen LogP contribution in [0.15, 0.2) is 12.3 Å². The van der Waals surface area contributed by atoms with Gasteiger partial charge in [-0.2, -0.15) is 0 Å². The molecule has 0 bridgehead atoms. The summed E-state index contributed by atoms with van der Waals surface area (Å²) >= 11 is 0. The smallest absolute Gasteiger partial charge is 0.478 e. The normalized spacial score (nSPS) is 27.2. The van der Waals surface area contributed by atoms with Gasteiger partial charge in [-0.3, -0.25) is 4.79 Å². The zero-order valence-corrected chi connectivity index (χ0v) is 14.2. The molecular weight excluding hydrogens is 315 g/mol. The molecule has 1 unspecified atom stereocenters. The highest BCUT2D eigenvalue weighted by molar-refractivity contribution is 6.62. The number of nitrogens with one attached hydrogen (secondary N) is 1. The first-order valence-electron chi connectivity index (χ1n) is 7.56. The van der Waals surface area contributed by atoms with Gasteiger partial charge in [0.15, 0.2) is 11.6 Å². The van der Waals surface area contributed by atoms with Crippen molar-refractivity contribution in [2.45, 2.75) is 51.4 Å². The second kappa shape index (κ2) is 4.94. The molecule has 1 fully saturated rings. The van der Waals surface area contributed by atoms with Crippen LogP contribution in [0.4, 0.5) is 5.82 Å². The predicted molar refractivity (Wildman–Crippen MR) is 85.3 cm³/mol. The third kappa shape index (κ3) is 2.35. The molecule has 128 valence electrons. The lowest BCUT2D eigenvalue weighted by Gasteiger charge is -2.32. The van der Waals surface area contributed by atoms with Crippen molar-refractivity contribution in [3.8, 4) is 5.75 Å². The fraction of sp³-hybridized carbons (Fsp3) is 0.533. The van der Waals surface area contributed by atoms with Gasteiger partial charge in [0.2, 0.25) is 0 Å². The molecule has 9 heteroatoms. The average Bonchev–Trinajstić information content (AvgIpc) is 2.68. The monoisotopic (exact) mass is 334 g/mol. The third-order valence-corrected chi connectivity index (χ3v) is 4.79. The number of hydrogen-bond donors (Lipinski definition) is 2. The number of anilines is 1. The first-order chi connectivity index (χ1) is 11.0. The van der Waals surface area contributed by atoms with Gasteiger partial charge in [0, 0.05) is 11.7 Å². The largest absolute Gasteiger partial charge is 0.496 e. The van der Waals surface area contributed by atoms with Crippen molar-refractivity contribution in [1.82, 2.24) is 4.98 Å². The third-order valence-electron chi connectivity index (χ3n) is 4.79. The molecule has 1 atom stereocenters. The minimum absolute atomic E-state index is 0.159. The maximum absolute atomic E-state index is 11.9. The molecule has 2 N–H and O–H groups in total. The van der Waals surface area contributed by atoms with Gasteiger partial charge in [0.05, 0.1) is 11.2 Å². The second-order valence-corrected chi connectivity index (χ2v) is 7.10. The number of rotatable bonds is 2. The predicted octanol–water partition coefficient (Wildman–Crippen LogP) is 0.555. The van der Waals surface area contributed by atoms with Crippen molar-refractivity contribution in [3.05, 3.63) is 12.3 Å². The van der Waals surface area contributed by atoms with E-state index in [2.05, 4.69) is 10.3 Å². The van der Waals surface area contributed by atoms with E-state index in [1.54, 1.807) is 6.07 Å². The number of ether oxygens (including phenoxy) is 1. The van der Waals surface area contributed by atoms with E-state index in [4.69, 9.17) is 14.0 Å². The van der Waals surface area contributed by atoms with Gasteiger partial charge in [-0.1, -0.05) is 0 Å². The zero-order chi connectivity index (χ0) is 17.9. The van der Waals surface area contributed by atoms with E-state index in [-0.39, 0.29) is 11.6 Å². The number of carboxylic acids is 1. The van der Waals surface area contributed by atoms with E-state index < -0.39 is 35.8 Å². The lowest BCUT2D eigenvalue weighted by atomic mass is 9.80. The highest BCUT2D eigenvalue weighted by atomic mass is 16.7. The van der Waals surface area contributed by atoms with Gasteiger partial charge >= 0.3 is 13.1 Å². The number of hydrogen-bond acceptors (Lipinski definition) is 6. The molecule has 0 radical (unpaired) electrons. The number of carbonyl (C=O) groups excluding carboxylic acids is 1. The van der Waals surface area contributed by atoms with Gasteiger partial charge < -0.3 is 24.5 Å². The Morgan fingerprint density at radius 2 is 1.79 bits per heavy atom. The minimum atomic E-state index is -2.01. The van der Waals surface area contributed by atoms with Crippen LogP contribution in [0.3, 0.4) is 0 Å². The van der Waals surface area contributed by atoms with Crippen LogP contribution in [0, 0.1) is 0 Å². The van der Waals surface area contributed by atoms with Crippen molar-refractivity contribution >= 4 is 30.3 Å². The Hall–Kier alpha value is -2.13. The Kier molecular flexibility index (Phi) is 3.44. The fourth-order valence-electron chi connectivity index (χ4n) is 2.37. The average molecular weight is 334 g/mol. The highest BCUT2D eigenvalue weighted by Crippen LogP contribution is 2.37. The first-order valence-corrected chi connectivity index (χ1v) is 7.56. The number of aromatic nitrogens is 1. The van der Waals surface area contributed by atoms with Gasteiger partial charge in [0.1, 0.15) is 0 Å². The summed E-state index contributed by atoms with van der Waals surface area (Å²) in [5, 5.41) is 11.7. The molecule has 1 amide bonds. The molecule has 2 aliphatic heterocycles. The second-order valence-electron chi connectivity index (χ2n) is 7.10. The summed E-state index contributed by atoms with van der Waals surface area (Å²) in [6.45, 7) is 8.90. The number of fused-ring (bicyclic) bond motifs is 1. The summed E-state index contributed by atoms with van der Waals surface area (Å²) in [5.41, 5.74) is -2.46. The molecule has 8 nitrogen and oxygen atoms in total. The van der Waals surface area contributed by atoms with Gasteiger partial charge in [0.25, 0.3) is 11.5 Å². The van der Waals surface area contributed by atoms with Crippen molar-refractivity contribution in [3.63, 3.8) is 0 Å². The maximum atomic E-state index is 11.9. The Bertz CT molecular complexity index is 719. The Morgan fingerprint density at radius 3 is 2.33 bits per heavy atom. The fourth-order valence-corrected chi connectivity index (χ4v) is 2.37. The van der Waals surface area contributed by atoms with E-state index in [0.29, 0.717) is 5.46 Å². The van der Waals surface area contributed by atoms with E-state index in [1.807, 2.05) is 27.7 Å². The molecule has 24 heavy (non-hydrogen) atoms. The molecule has 3 rings (SSSR count). The minimum Gasteiger partial charge on any atom is -0.478 e. The molecule has 0 aromatic carbocycles. The van der Waals surface area contributed by atoms with Gasteiger partial charge in [-0.15, -0.1) is 0 Å². The van der Waals surface area contributed by atoms with Gasteiger partial charge in [-0.25, -0.2) is 9.78 Å². The summed E-state index contributed by atoms with van der Waals surface area (Å²) in [6.07, 6.45) is 1.51. The van der Waals surface area contributed by atoms with E-state index >= 15 is 0 Å². The molecule has 2 aliphatic rings. The summed E-state index contributed by atoms with van der Waals surface area (Å²) in [5.74, 6) is -1.84. The summed E-state index contributed by atoms with van der Waals surface area (Å²) in [6, 6.07) is 1.57. The molecule has 1 saturated heterocycles. The summed E-state index contributed by atoms with van der Waals surface area (Å²) in [7, 11) is -0.662. The standard InChI is InChI=1S/C15H19BN2O6/c1-13(2)14(3,4)24-16(23-13)8-6-9-10(17-7-8)18-11(19)15(5,22-9)12(20)21/h6-7H,1-5H3,(H,20,21)(H,17,18,19). The van der Waals surface area contributed by atoms with Crippen LogP contribution >= 0.6 is 0 Å². The van der Waals surface area contributed by atoms with Crippen LogP contribution in [0.5, 0.6) is 5.75 Å². The number of nitrogens with zero attached hydrogens (tertiary/aromatic N) is 1.